The molecule has 3 rings (SSSR count). The van der Waals surface area contributed by atoms with Crippen molar-refractivity contribution in [3.05, 3.63) is 71.8 Å². The fourth-order valence-electron chi connectivity index (χ4n) is 4.04. The summed E-state index contributed by atoms with van der Waals surface area (Å²) in [5.41, 5.74) is 0.238. The summed E-state index contributed by atoms with van der Waals surface area (Å²) in [7, 11) is 0. The van der Waals surface area contributed by atoms with Crippen molar-refractivity contribution >= 4 is 23.9 Å². The quantitative estimate of drug-likeness (QED) is 0.505. The van der Waals surface area contributed by atoms with E-state index in [2.05, 4.69) is 10.6 Å². The van der Waals surface area contributed by atoms with Crippen molar-refractivity contribution in [2.75, 3.05) is 6.54 Å². The lowest BCUT2D eigenvalue weighted by Gasteiger charge is -2.33. The van der Waals surface area contributed by atoms with Gasteiger partial charge in [-0.25, -0.2) is 9.59 Å². The van der Waals surface area contributed by atoms with Crippen LogP contribution in [0.2, 0.25) is 0 Å². The predicted molar refractivity (Wildman–Crippen MR) is 128 cm³/mol. The van der Waals surface area contributed by atoms with Gasteiger partial charge in [-0.2, -0.15) is 0 Å². The zero-order valence-corrected chi connectivity index (χ0v) is 19.9. The SMILES string of the molecule is CC(C)(NC(=O)[C@H](Cc1ccccc1)NC(=O)OCc1ccccc1)C(=O)N1CCC[C@H]1C(=O)O. The molecule has 1 saturated heterocycles. The van der Waals surface area contributed by atoms with Crippen LogP contribution < -0.4 is 10.6 Å². The van der Waals surface area contributed by atoms with E-state index in [9.17, 15) is 24.3 Å². The molecule has 0 aromatic heterocycles. The van der Waals surface area contributed by atoms with Crippen molar-refractivity contribution in [2.45, 2.75) is 57.3 Å². The van der Waals surface area contributed by atoms with Crippen LogP contribution in [0.4, 0.5) is 4.79 Å². The maximum absolute atomic E-state index is 13.2. The Morgan fingerprint density at radius 2 is 1.63 bits per heavy atom. The largest absolute Gasteiger partial charge is 0.480 e. The van der Waals surface area contributed by atoms with Gasteiger partial charge >= 0.3 is 12.1 Å². The van der Waals surface area contributed by atoms with E-state index in [1.165, 1.54) is 18.7 Å². The topological polar surface area (TPSA) is 125 Å². The molecule has 0 spiro atoms. The zero-order chi connectivity index (χ0) is 25.4. The molecule has 186 valence electrons. The number of hydrogen-bond acceptors (Lipinski definition) is 5. The van der Waals surface area contributed by atoms with Gasteiger partial charge in [0.1, 0.15) is 24.2 Å². The van der Waals surface area contributed by atoms with Crippen LogP contribution >= 0.6 is 0 Å². The van der Waals surface area contributed by atoms with Crippen molar-refractivity contribution in [2.24, 2.45) is 0 Å². The van der Waals surface area contributed by atoms with Gasteiger partial charge in [-0.15, -0.1) is 0 Å². The minimum atomic E-state index is -1.38. The summed E-state index contributed by atoms with van der Waals surface area (Å²) >= 11 is 0. The molecule has 3 N–H and O–H groups in total. The number of carboxylic acids is 1. The average molecular weight is 482 g/mol. The molecule has 2 aromatic carbocycles. The van der Waals surface area contributed by atoms with Crippen LogP contribution in [0.1, 0.15) is 37.8 Å². The van der Waals surface area contributed by atoms with Gasteiger partial charge in [0.2, 0.25) is 11.8 Å². The highest BCUT2D eigenvalue weighted by atomic mass is 16.5. The molecular formula is C26H31N3O6. The number of likely N-dealkylation sites (tertiary alicyclic amines) is 1. The standard InChI is InChI=1S/C26H31N3O6/c1-26(2,24(33)29-15-9-14-21(29)23(31)32)28-22(30)20(16-18-10-5-3-6-11-18)27-25(34)35-17-19-12-7-4-8-13-19/h3-8,10-13,20-21H,9,14-17H2,1-2H3,(H,27,34)(H,28,30)(H,31,32)/t20-,21-/m0/s1. The summed E-state index contributed by atoms with van der Waals surface area (Å²) < 4.78 is 5.28. The van der Waals surface area contributed by atoms with E-state index < -0.39 is 41.5 Å². The van der Waals surface area contributed by atoms with Crippen LogP contribution in [0.25, 0.3) is 0 Å². The number of amides is 3. The Kier molecular flexibility index (Phi) is 8.46. The molecule has 0 unspecified atom stereocenters. The van der Waals surface area contributed by atoms with Crippen LogP contribution in [0.15, 0.2) is 60.7 Å². The van der Waals surface area contributed by atoms with Gasteiger partial charge in [-0.3, -0.25) is 9.59 Å². The summed E-state index contributed by atoms with van der Waals surface area (Å²) in [6, 6.07) is 16.4. The first kappa shape index (κ1) is 25.7. The van der Waals surface area contributed by atoms with E-state index in [4.69, 9.17) is 4.74 Å². The van der Waals surface area contributed by atoms with Crippen molar-refractivity contribution in [1.29, 1.82) is 0 Å². The minimum Gasteiger partial charge on any atom is -0.480 e. The van der Waals surface area contributed by atoms with Crippen LogP contribution in [0, 0.1) is 0 Å². The molecule has 0 saturated carbocycles. The number of hydrogen-bond donors (Lipinski definition) is 3. The van der Waals surface area contributed by atoms with E-state index in [1.54, 1.807) is 0 Å². The smallest absolute Gasteiger partial charge is 0.408 e. The summed E-state index contributed by atoms with van der Waals surface area (Å²) in [5.74, 6) is -2.13. The number of ether oxygens (including phenoxy) is 1. The molecule has 1 aliphatic rings. The van der Waals surface area contributed by atoms with Gasteiger partial charge in [0.15, 0.2) is 0 Å². The Morgan fingerprint density at radius 3 is 2.23 bits per heavy atom. The van der Waals surface area contributed by atoms with Crippen molar-refractivity contribution in [3.63, 3.8) is 0 Å². The molecule has 0 aliphatic carbocycles. The number of rotatable bonds is 9. The Hall–Kier alpha value is -3.88. The third-order valence-corrected chi connectivity index (χ3v) is 5.87. The third-order valence-electron chi connectivity index (χ3n) is 5.87. The number of carboxylic acid groups (broad SMARTS) is 1. The van der Waals surface area contributed by atoms with Gasteiger partial charge in [0.25, 0.3) is 0 Å². The third kappa shape index (κ3) is 7.05. The molecule has 35 heavy (non-hydrogen) atoms. The van der Waals surface area contributed by atoms with Crippen molar-refractivity contribution in [1.82, 2.24) is 15.5 Å². The number of nitrogens with zero attached hydrogens (tertiary/aromatic N) is 1. The van der Waals surface area contributed by atoms with Gasteiger partial charge in [-0.1, -0.05) is 60.7 Å². The van der Waals surface area contributed by atoms with E-state index in [-0.39, 0.29) is 13.0 Å². The Balaban J connectivity index is 1.69. The maximum atomic E-state index is 13.2. The number of benzene rings is 2. The Labute approximate surface area is 204 Å². The lowest BCUT2D eigenvalue weighted by molar-refractivity contribution is -0.151. The summed E-state index contributed by atoms with van der Waals surface area (Å²) in [6.45, 7) is 3.41. The van der Waals surface area contributed by atoms with Gasteiger partial charge in [0.05, 0.1) is 0 Å². The molecular weight excluding hydrogens is 450 g/mol. The fourth-order valence-corrected chi connectivity index (χ4v) is 4.04. The summed E-state index contributed by atoms with van der Waals surface area (Å²) in [6.07, 6.45) is 0.368. The molecule has 2 aromatic rings. The fraction of sp³-hybridized carbons (Fsp3) is 0.385. The summed E-state index contributed by atoms with van der Waals surface area (Å²) in [4.78, 5) is 51.7. The zero-order valence-electron chi connectivity index (χ0n) is 19.9. The molecule has 1 heterocycles. The molecule has 9 heteroatoms. The van der Waals surface area contributed by atoms with Crippen LogP contribution in [0.3, 0.4) is 0 Å². The number of aliphatic carboxylic acids is 1. The molecule has 3 amide bonds. The first-order valence-corrected chi connectivity index (χ1v) is 11.5. The lowest BCUT2D eigenvalue weighted by Crippen LogP contribution is -2.61. The summed E-state index contributed by atoms with van der Waals surface area (Å²) in [5, 5.41) is 14.7. The second-order valence-electron chi connectivity index (χ2n) is 9.06. The van der Waals surface area contributed by atoms with Crippen molar-refractivity contribution in [3.8, 4) is 0 Å². The Morgan fingerprint density at radius 1 is 1.03 bits per heavy atom. The number of carbonyl (C=O) groups is 4. The first-order chi connectivity index (χ1) is 16.7. The molecule has 1 aliphatic heterocycles. The Bertz CT molecular complexity index is 1040. The second kappa shape index (κ2) is 11.5. The van der Waals surface area contributed by atoms with E-state index >= 15 is 0 Å². The molecule has 0 bridgehead atoms. The number of nitrogens with one attached hydrogen (secondary N) is 2. The number of carbonyl (C=O) groups excluding carboxylic acids is 3. The molecule has 9 nitrogen and oxygen atoms in total. The van der Waals surface area contributed by atoms with Crippen molar-refractivity contribution < 1.29 is 29.0 Å². The monoisotopic (exact) mass is 481 g/mol. The van der Waals surface area contributed by atoms with E-state index in [1.807, 2.05) is 60.7 Å². The van der Waals surface area contributed by atoms with E-state index in [0.717, 1.165) is 11.1 Å². The van der Waals surface area contributed by atoms with E-state index in [0.29, 0.717) is 19.4 Å². The number of alkyl carbamates (subject to hydrolysis) is 1. The molecule has 0 radical (unpaired) electrons. The minimum absolute atomic E-state index is 0.0435. The maximum Gasteiger partial charge on any atom is 0.408 e. The van der Waals surface area contributed by atoms with Crippen LogP contribution in [0.5, 0.6) is 0 Å². The normalized spacial score (nSPS) is 16.3. The average Bonchev–Trinajstić information content (AvgIpc) is 3.33. The van der Waals surface area contributed by atoms with Crippen LogP contribution in [-0.4, -0.2) is 58.1 Å². The highest BCUT2D eigenvalue weighted by Crippen LogP contribution is 2.22. The van der Waals surface area contributed by atoms with Crippen LogP contribution in [-0.2, 0) is 32.1 Å². The molecule has 1 fully saturated rings. The highest BCUT2D eigenvalue weighted by Gasteiger charge is 2.42. The molecule has 2 atom stereocenters. The van der Waals surface area contributed by atoms with Gasteiger partial charge in [-0.05, 0) is 37.8 Å². The lowest BCUT2D eigenvalue weighted by atomic mass is 10.00. The second-order valence-corrected chi connectivity index (χ2v) is 9.06. The highest BCUT2D eigenvalue weighted by molar-refractivity contribution is 5.95. The first-order valence-electron chi connectivity index (χ1n) is 11.5. The van der Waals surface area contributed by atoms with Gasteiger partial charge < -0.3 is 25.4 Å². The van der Waals surface area contributed by atoms with Gasteiger partial charge in [0, 0.05) is 13.0 Å². The predicted octanol–water partition coefficient (Wildman–Crippen LogP) is 2.49.